The van der Waals surface area contributed by atoms with Crippen molar-refractivity contribution in [2.45, 2.75) is 38.3 Å². The second kappa shape index (κ2) is 5.10. The number of aryl methyl sites for hydroxylation is 1. The number of rotatable bonds is 4. The summed E-state index contributed by atoms with van der Waals surface area (Å²) >= 11 is 5.13. The zero-order valence-corrected chi connectivity index (χ0v) is 12.0. The largest absolute Gasteiger partial charge is 0.389 e. The number of ether oxygens (including phenoxy) is 1. The Morgan fingerprint density at radius 3 is 2.84 bits per heavy atom. The summed E-state index contributed by atoms with van der Waals surface area (Å²) in [6.07, 6.45) is 4.03. The summed E-state index contributed by atoms with van der Waals surface area (Å²) in [4.78, 5) is 0.449. The van der Waals surface area contributed by atoms with Gasteiger partial charge in [0, 0.05) is 17.9 Å². The average molecular weight is 276 g/mol. The van der Waals surface area contributed by atoms with Crippen molar-refractivity contribution in [1.29, 1.82) is 0 Å². The zero-order chi connectivity index (χ0) is 13.4. The van der Waals surface area contributed by atoms with E-state index in [0.29, 0.717) is 17.1 Å². The topological polar surface area (TPSA) is 47.3 Å². The van der Waals surface area contributed by atoms with Crippen LogP contribution in [0.3, 0.4) is 0 Å². The Bertz CT molecular complexity index is 499. The number of anilines is 1. The molecule has 1 heterocycles. The molecule has 3 N–H and O–H groups in total. The molecule has 0 amide bonds. The Kier molecular flexibility index (Phi) is 3.46. The molecule has 2 aliphatic rings. The van der Waals surface area contributed by atoms with Crippen molar-refractivity contribution in [2.75, 3.05) is 11.9 Å². The van der Waals surface area contributed by atoms with Crippen LogP contribution in [0.4, 0.5) is 5.69 Å². The molecular formula is C15H20N2OS. The van der Waals surface area contributed by atoms with Crippen molar-refractivity contribution in [2.24, 2.45) is 11.7 Å². The number of benzene rings is 1. The first kappa shape index (κ1) is 12.9. The predicted molar refractivity (Wildman–Crippen MR) is 81.6 cm³/mol. The number of nitrogens with one attached hydrogen (secondary N) is 1. The van der Waals surface area contributed by atoms with E-state index in [-0.39, 0.29) is 0 Å². The molecule has 2 atom stereocenters. The smallest absolute Gasteiger partial charge is 0.106 e. The highest BCUT2D eigenvalue weighted by atomic mass is 32.1. The third-order valence-electron chi connectivity index (χ3n) is 4.00. The summed E-state index contributed by atoms with van der Waals surface area (Å²) in [6.45, 7) is 2.94. The van der Waals surface area contributed by atoms with Gasteiger partial charge in [-0.3, -0.25) is 0 Å². The molecule has 1 saturated carbocycles. The van der Waals surface area contributed by atoms with Gasteiger partial charge in [-0.15, -0.1) is 0 Å². The van der Waals surface area contributed by atoms with Gasteiger partial charge in [-0.2, -0.15) is 0 Å². The minimum atomic E-state index is 0.361. The van der Waals surface area contributed by atoms with E-state index in [1.807, 2.05) is 12.1 Å². The second-order valence-corrected chi connectivity index (χ2v) is 6.07. The lowest BCUT2D eigenvalue weighted by molar-refractivity contribution is 0.0898. The molecule has 0 spiro atoms. The van der Waals surface area contributed by atoms with Gasteiger partial charge in [-0.05, 0) is 49.8 Å². The molecule has 2 fully saturated rings. The Morgan fingerprint density at radius 1 is 1.37 bits per heavy atom. The molecule has 3 nitrogen and oxygen atoms in total. The first-order chi connectivity index (χ1) is 9.15. The monoisotopic (exact) mass is 276 g/mol. The molecule has 1 aromatic carbocycles. The Hall–Kier alpha value is -1.13. The van der Waals surface area contributed by atoms with Gasteiger partial charge < -0.3 is 15.8 Å². The molecule has 102 valence electrons. The zero-order valence-electron chi connectivity index (χ0n) is 11.2. The van der Waals surface area contributed by atoms with Crippen LogP contribution < -0.4 is 11.1 Å². The van der Waals surface area contributed by atoms with Gasteiger partial charge >= 0.3 is 0 Å². The highest BCUT2D eigenvalue weighted by Crippen LogP contribution is 2.39. The third-order valence-corrected chi connectivity index (χ3v) is 4.22. The van der Waals surface area contributed by atoms with E-state index < -0.39 is 0 Å². The SMILES string of the molecule is Cc1ccc(C(N)=S)c(NC2CCOC2C2CC2)c1. The molecule has 0 aromatic heterocycles. The van der Waals surface area contributed by atoms with Gasteiger partial charge in [0.2, 0.25) is 0 Å². The van der Waals surface area contributed by atoms with Crippen molar-refractivity contribution in [3.8, 4) is 0 Å². The van der Waals surface area contributed by atoms with E-state index in [2.05, 4.69) is 18.3 Å². The lowest BCUT2D eigenvalue weighted by Crippen LogP contribution is -2.31. The summed E-state index contributed by atoms with van der Waals surface area (Å²) in [5.74, 6) is 0.748. The maximum absolute atomic E-state index is 5.87. The molecule has 19 heavy (non-hydrogen) atoms. The highest BCUT2D eigenvalue weighted by Gasteiger charge is 2.40. The van der Waals surface area contributed by atoms with Crippen LogP contribution >= 0.6 is 12.2 Å². The van der Waals surface area contributed by atoms with Crippen LogP contribution in [-0.2, 0) is 4.74 Å². The molecule has 1 aliphatic carbocycles. The minimum Gasteiger partial charge on any atom is -0.389 e. The maximum Gasteiger partial charge on any atom is 0.106 e. The lowest BCUT2D eigenvalue weighted by Gasteiger charge is -2.22. The minimum absolute atomic E-state index is 0.361. The van der Waals surface area contributed by atoms with Crippen LogP contribution in [0.25, 0.3) is 0 Å². The molecule has 0 bridgehead atoms. The highest BCUT2D eigenvalue weighted by molar-refractivity contribution is 7.80. The van der Waals surface area contributed by atoms with Crippen molar-refractivity contribution in [3.63, 3.8) is 0 Å². The quantitative estimate of drug-likeness (QED) is 0.830. The molecular weight excluding hydrogens is 256 g/mol. The van der Waals surface area contributed by atoms with E-state index >= 15 is 0 Å². The van der Waals surface area contributed by atoms with Crippen molar-refractivity contribution in [1.82, 2.24) is 0 Å². The van der Waals surface area contributed by atoms with Crippen molar-refractivity contribution in [3.05, 3.63) is 29.3 Å². The third kappa shape index (κ3) is 2.74. The average Bonchev–Trinajstić information content (AvgIpc) is 3.10. The number of hydrogen-bond acceptors (Lipinski definition) is 3. The first-order valence-corrected chi connectivity index (χ1v) is 7.34. The van der Waals surface area contributed by atoms with Crippen LogP contribution in [0, 0.1) is 12.8 Å². The fourth-order valence-corrected chi connectivity index (χ4v) is 3.03. The molecule has 1 saturated heterocycles. The summed E-state index contributed by atoms with van der Waals surface area (Å²) in [6, 6.07) is 6.56. The molecule has 4 heteroatoms. The van der Waals surface area contributed by atoms with E-state index in [9.17, 15) is 0 Å². The fraction of sp³-hybridized carbons (Fsp3) is 0.533. The van der Waals surface area contributed by atoms with Crippen LogP contribution in [0.1, 0.15) is 30.4 Å². The van der Waals surface area contributed by atoms with Crippen molar-refractivity contribution < 1.29 is 4.74 Å². The van der Waals surface area contributed by atoms with Crippen LogP contribution in [0.15, 0.2) is 18.2 Å². The summed E-state index contributed by atoms with van der Waals surface area (Å²) in [5.41, 5.74) is 9.00. The Labute approximate surface area is 119 Å². The normalized spacial score (nSPS) is 26.4. The fourth-order valence-electron chi connectivity index (χ4n) is 2.85. The Morgan fingerprint density at radius 2 is 2.16 bits per heavy atom. The number of nitrogens with two attached hydrogens (primary N) is 1. The van der Waals surface area contributed by atoms with E-state index in [1.165, 1.54) is 18.4 Å². The van der Waals surface area contributed by atoms with E-state index in [4.69, 9.17) is 22.7 Å². The van der Waals surface area contributed by atoms with Crippen LogP contribution in [0.5, 0.6) is 0 Å². The number of thiocarbonyl (C=S) groups is 1. The van der Waals surface area contributed by atoms with Gasteiger partial charge in [0.05, 0.1) is 12.1 Å². The van der Waals surface area contributed by atoms with Gasteiger partial charge in [0.1, 0.15) is 4.99 Å². The standard InChI is InChI=1S/C15H20N2OS/c1-9-2-5-11(15(16)19)13(8-9)17-12-6-7-18-14(12)10-3-4-10/h2,5,8,10,12,14,17H,3-4,6-7H2,1H3,(H2,16,19). The van der Waals surface area contributed by atoms with Crippen molar-refractivity contribution >= 4 is 22.9 Å². The summed E-state index contributed by atoms with van der Waals surface area (Å²) in [7, 11) is 0. The maximum atomic E-state index is 5.87. The number of hydrogen-bond donors (Lipinski definition) is 2. The second-order valence-electron chi connectivity index (χ2n) is 5.63. The predicted octanol–water partition coefficient (Wildman–Crippen LogP) is 2.61. The lowest BCUT2D eigenvalue weighted by atomic mass is 10.0. The van der Waals surface area contributed by atoms with E-state index in [1.54, 1.807) is 0 Å². The molecule has 2 unspecified atom stereocenters. The van der Waals surface area contributed by atoms with Gasteiger partial charge in [0.15, 0.2) is 0 Å². The van der Waals surface area contributed by atoms with E-state index in [0.717, 1.165) is 30.2 Å². The van der Waals surface area contributed by atoms with Crippen LogP contribution in [0.2, 0.25) is 0 Å². The summed E-state index contributed by atoms with van der Waals surface area (Å²) < 4.78 is 5.87. The molecule has 3 rings (SSSR count). The van der Waals surface area contributed by atoms with Gasteiger partial charge in [0.25, 0.3) is 0 Å². The Balaban J connectivity index is 1.81. The molecule has 1 aliphatic heterocycles. The van der Waals surface area contributed by atoms with Crippen LogP contribution in [-0.4, -0.2) is 23.7 Å². The van der Waals surface area contributed by atoms with Gasteiger partial charge in [-0.25, -0.2) is 0 Å². The first-order valence-electron chi connectivity index (χ1n) is 6.94. The van der Waals surface area contributed by atoms with Gasteiger partial charge in [-0.1, -0.05) is 18.3 Å². The summed E-state index contributed by atoms with van der Waals surface area (Å²) in [5, 5.41) is 3.61. The molecule has 0 radical (unpaired) electrons. The molecule has 1 aromatic rings.